The largest absolute Gasteiger partial charge is 0.472 e. The molecule has 0 unspecified atom stereocenters. The minimum Gasteiger partial charge on any atom is -0.472 e. The van der Waals surface area contributed by atoms with Crippen LogP contribution in [0.25, 0.3) is 5.65 Å². The van der Waals surface area contributed by atoms with E-state index in [1.165, 1.54) is 10.7 Å². The molecule has 0 aliphatic carbocycles. The molecule has 0 spiro atoms. The van der Waals surface area contributed by atoms with Crippen molar-refractivity contribution in [2.45, 2.75) is 13.5 Å². The third kappa shape index (κ3) is 3.67. The summed E-state index contributed by atoms with van der Waals surface area (Å²) in [6, 6.07) is 11.4. The second-order valence-corrected chi connectivity index (χ2v) is 5.00. The van der Waals surface area contributed by atoms with Crippen LogP contribution in [-0.4, -0.2) is 27.2 Å². The van der Waals surface area contributed by atoms with Crippen LogP contribution in [0.4, 0.5) is 10.6 Å². The molecule has 122 valence electrons. The van der Waals surface area contributed by atoms with Gasteiger partial charge in [0.1, 0.15) is 6.61 Å². The lowest BCUT2D eigenvalue weighted by molar-refractivity contribution is -0.122. The highest BCUT2D eigenvalue weighted by molar-refractivity contribution is 5.87. The van der Waals surface area contributed by atoms with E-state index in [0.29, 0.717) is 18.1 Å². The number of rotatable bonds is 5. The van der Waals surface area contributed by atoms with Gasteiger partial charge in [0, 0.05) is 6.07 Å². The molecule has 1 N–H and O–H groups in total. The first-order valence-corrected chi connectivity index (χ1v) is 7.10. The molecule has 8 heteroatoms. The highest BCUT2D eigenvalue weighted by Gasteiger charge is 2.08. The normalized spacial score (nSPS) is 10.4. The summed E-state index contributed by atoms with van der Waals surface area (Å²) in [5.74, 6) is 0.633. The Bertz CT molecular complexity index is 891. The number of ether oxygens (including phenoxy) is 2. The van der Waals surface area contributed by atoms with Gasteiger partial charge in [-0.2, -0.15) is 0 Å². The summed E-state index contributed by atoms with van der Waals surface area (Å²) in [4.78, 5) is 25.4. The van der Waals surface area contributed by atoms with E-state index in [1.54, 1.807) is 12.1 Å². The zero-order chi connectivity index (χ0) is 16.9. The number of anilines is 1. The van der Waals surface area contributed by atoms with E-state index in [0.717, 1.165) is 11.1 Å². The van der Waals surface area contributed by atoms with Crippen molar-refractivity contribution in [2.75, 3.05) is 5.32 Å². The smallest absolute Gasteiger partial charge is 0.420 e. The maximum Gasteiger partial charge on any atom is 0.420 e. The van der Waals surface area contributed by atoms with Gasteiger partial charge in [-0.25, -0.2) is 14.3 Å². The SMILES string of the molecule is Cc1cccc(COc2ccc3nc(NC(=O)OC=O)cn3n2)c1. The molecule has 0 aliphatic heterocycles. The maximum absolute atomic E-state index is 11.2. The van der Waals surface area contributed by atoms with Crippen molar-refractivity contribution in [1.82, 2.24) is 14.6 Å². The van der Waals surface area contributed by atoms with Crippen LogP contribution in [0, 0.1) is 6.92 Å². The fraction of sp³-hybridized carbons (Fsp3) is 0.125. The van der Waals surface area contributed by atoms with Crippen molar-refractivity contribution >= 4 is 24.0 Å². The Balaban J connectivity index is 1.71. The predicted octanol–water partition coefficient (Wildman–Crippen LogP) is 2.32. The lowest BCUT2D eigenvalue weighted by Crippen LogP contribution is -2.12. The lowest BCUT2D eigenvalue weighted by Gasteiger charge is -2.06. The lowest BCUT2D eigenvalue weighted by atomic mass is 10.1. The molecule has 24 heavy (non-hydrogen) atoms. The topological polar surface area (TPSA) is 94.8 Å². The van der Waals surface area contributed by atoms with Crippen molar-refractivity contribution in [3.8, 4) is 5.88 Å². The molecule has 1 amide bonds. The highest BCUT2D eigenvalue weighted by Crippen LogP contribution is 2.14. The van der Waals surface area contributed by atoms with Crippen LogP contribution in [0.5, 0.6) is 5.88 Å². The van der Waals surface area contributed by atoms with Crippen LogP contribution in [0.15, 0.2) is 42.6 Å². The molecule has 2 aromatic heterocycles. The van der Waals surface area contributed by atoms with E-state index in [9.17, 15) is 9.59 Å². The summed E-state index contributed by atoms with van der Waals surface area (Å²) in [5.41, 5.74) is 2.72. The number of hydrogen-bond donors (Lipinski definition) is 1. The zero-order valence-electron chi connectivity index (χ0n) is 12.8. The first-order chi connectivity index (χ1) is 11.6. The molecule has 8 nitrogen and oxygen atoms in total. The van der Waals surface area contributed by atoms with Gasteiger partial charge < -0.3 is 9.47 Å². The number of imidazole rings is 1. The Kier molecular flexibility index (Phi) is 4.37. The number of fused-ring (bicyclic) bond motifs is 1. The van der Waals surface area contributed by atoms with E-state index in [1.807, 2.05) is 31.2 Å². The number of carbonyl (C=O) groups excluding carboxylic acids is 2. The van der Waals surface area contributed by atoms with Gasteiger partial charge in [-0.15, -0.1) is 5.10 Å². The first-order valence-electron chi connectivity index (χ1n) is 7.10. The third-order valence-corrected chi connectivity index (χ3v) is 3.15. The first kappa shape index (κ1) is 15.5. The van der Waals surface area contributed by atoms with Crippen molar-refractivity contribution in [3.05, 3.63) is 53.7 Å². The molecule has 0 saturated heterocycles. The average Bonchev–Trinajstić information content (AvgIpc) is 2.94. The summed E-state index contributed by atoms with van der Waals surface area (Å²) in [6.45, 7) is 2.45. The number of aryl methyl sites for hydroxylation is 1. The quantitative estimate of drug-likeness (QED) is 0.571. The van der Waals surface area contributed by atoms with Gasteiger partial charge >= 0.3 is 12.6 Å². The van der Waals surface area contributed by atoms with Crippen molar-refractivity contribution < 1.29 is 19.1 Å². The number of nitrogens with zero attached hydrogens (tertiary/aromatic N) is 3. The Hall–Kier alpha value is -3.42. The molecule has 3 aromatic rings. The van der Waals surface area contributed by atoms with Gasteiger partial charge in [-0.05, 0) is 18.6 Å². The number of benzene rings is 1. The number of amides is 1. The molecule has 0 radical (unpaired) electrons. The van der Waals surface area contributed by atoms with Crippen LogP contribution in [0.3, 0.4) is 0 Å². The zero-order valence-corrected chi connectivity index (χ0v) is 12.8. The van der Waals surface area contributed by atoms with E-state index in [4.69, 9.17) is 4.74 Å². The summed E-state index contributed by atoms with van der Waals surface area (Å²) in [7, 11) is 0. The molecule has 0 bridgehead atoms. The molecule has 1 aromatic carbocycles. The number of carbonyl (C=O) groups is 2. The van der Waals surface area contributed by atoms with Gasteiger partial charge in [0.05, 0.1) is 6.20 Å². The van der Waals surface area contributed by atoms with E-state index >= 15 is 0 Å². The summed E-state index contributed by atoms with van der Waals surface area (Å²) in [5, 5.41) is 6.57. The van der Waals surface area contributed by atoms with Gasteiger partial charge in [-0.1, -0.05) is 29.8 Å². The van der Waals surface area contributed by atoms with Crippen LogP contribution in [0.1, 0.15) is 11.1 Å². The summed E-state index contributed by atoms with van der Waals surface area (Å²) < 4.78 is 11.3. The Morgan fingerprint density at radius 3 is 3.00 bits per heavy atom. The Morgan fingerprint density at radius 2 is 2.21 bits per heavy atom. The Labute approximate surface area is 137 Å². The predicted molar refractivity (Wildman–Crippen MR) is 84.7 cm³/mol. The minimum absolute atomic E-state index is 0.0423. The number of hydrogen-bond acceptors (Lipinski definition) is 6. The fourth-order valence-electron chi connectivity index (χ4n) is 2.14. The molecule has 0 fully saturated rings. The van der Waals surface area contributed by atoms with Crippen molar-refractivity contribution in [3.63, 3.8) is 0 Å². The van der Waals surface area contributed by atoms with Gasteiger partial charge in [-0.3, -0.25) is 10.1 Å². The van der Waals surface area contributed by atoms with Gasteiger partial charge in [0.25, 0.3) is 0 Å². The molecule has 0 aliphatic rings. The van der Waals surface area contributed by atoms with Crippen LogP contribution in [0.2, 0.25) is 0 Å². The number of nitrogens with one attached hydrogen (secondary N) is 1. The van der Waals surface area contributed by atoms with Crippen LogP contribution in [-0.2, 0) is 16.1 Å². The number of aromatic nitrogens is 3. The van der Waals surface area contributed by atoms with Crippen molar-refractivity contribution in [1.29, 1.82) is 0 Å². The van der Waals surface area contributed by atoms with Crippen molar-refractivity contribution in [2.24, 2.45) is 0 Å². The summed E-state index contributed by atoms with van der Waals surface area (Å²) in [6.07, 6.45) is 0.574. The van der Waals surface area contributed by atoms with Gasteiger partial charge in [0.15, 0.2) is 11.5 Å². The minimum atomic E-state index is -0.913. The van der Waals surface area contributed by atoms with E-state index in [2.05, 4.69) is 20.1 Å². The molecule has 0 saturated carbocycles. The molecule has 2 heterocycles. The second-order valence-electron chi connectivity index (χ2n) is 5.00. The second kappa shape index (κ2) is 6.78. The van der Waals surface area contributed by atoms with E-state index < -0.39 is 6.09 Å². The summed E-state index contributed by atoms with van der Waals surface area (Å²) >= 11 is 0. The molecule has 0 atom stereocenters. The maximum atomic E-state index is 11.2. The van der Waals surface area contributed by atoms with E-state index in [-0.39, 0.29) is 12.3 Å². The molecular formula is C16H14N4O4. The Morgan fingerprint density at radius 1 is 1.33 bits per heavy atom. The standard InChI is InChI=1S/C16H14N4O4/c1-11-3-2-4-12(7-11)9-23-15-6-5-14-17-13(8-20(14)19-15)18-16(22)24-10-21/h2-8,10H,9H2,1H3,(H,18,22). The average molecular weight is 326 g/mol. The fourth-order valence-corrected chi connectivity index (χ4v) is 2.14. The highest BCUT2D eigenvalue weighted by atomic mass is 16.6. The molecular weight excluding hydrogens is 312 g/mol. The van der Waals surface area contributed by atoms with Crippen LogP contribution >= 0.6 is 0 Å². The third-order valence-electron chi connectivity index (χ3n) is 3.15. The van der Waals surface area contributed by atoms with Gasteiger partial charge in [0.2, 0.25) is 5.88 Å². The van der Waals surface area contributed by atoms with Crippen LogP contribution < -0.4 is 10.1 Å². The molecule has 3 rings (SSSR count). The monoisotopic (exact) mass is 326 g/mol.